The van der Waals surface area contributed by atoms with E-state index in [-0.39, 0.29) is 18.6 Å². The molecule has 0 aliphatic heterocycles. The number of methoxy groups -OCH3 is 1. The topological polar surface area (TPSA) is 108 Å². The number of carbonyl (C=O) groups is 2. The Morgan fingerprint density at radius 3 is 2.68 bits per heavy atom. The third-order valence-electron chi connectivity index (χ3n) is 5.58. The Morgan fingerprint density at radius 2 is 1.95 bits per heavy atom. The highest BCUT2D eigenvalue weighted by Gasteiger charge is 2.23. The van der Waals surface area contributed by atoms with Crippen molar-refractivity contribution < 1.29 is 23.8 Å². The maximum absolute atomic E-state index is 13.3. The zero-order valence-electron chi connectivity index (χ0n) is 21.1. The maximum atomic E-state index is 13.3. The van der Waals surface area contributed by atoms with Crippen LogP contribution in [0, 0.1) is 5.92 Å². The van der Waals surface area contributed by atoms with Crippen molar-refractivity contribution in [2.75, 3.05) is 20.3 Å². The van der Waals surface area contributed by atoms with Crippen LogP contribution >= 0.6 is 11.3 Å². The molecule has 1 atom stereocenters. The monoisotopic (exact) mass is 523 g/mol. The average Bonchev–Trinajstić information content (AvgIpc) is 3.32. The number of nitrogens with zero attached hydrogens (tertiary/aromatic N) is 2. The highest BCUT2D eigenvalue weighted by molar-refractivity contribution is 7.20. The molecule has 1 aromatic carbocycles. The van der Waals surface area contributed by atoms with Gasteiger partial charge in [-0.1, -0.05) is 26.0 Å². The molecule has 0 saturated carbocycles. The SMILES string of the molecule is CCOC(=O)C[C@H](NC(=O)c1cc2c(=O)n3ccccc3nc2s1)c1ccc(OCC(C)C)c(OC)c1. The number of esters is 1. The van der Waals surface area contributed by atoms with E-state index in [1.165, 1.54) is 17.6 Å². The quantitative estimate of drug-likeness (QED) is 0.307. The van der Waals surface area contributed by atoms with E-state index < -0.39 is 17.9 Å². The largest absolute Gasteiger partial charge is 0.493 e. The normalized spacial score (nSPS) is 12.0. The molecule has 3 aromatic heterocycles. The number of aromatic nitrogens is 2. The molecule has 10 heteroatoms. The summed E-state index contributed by atoms with van der Waals surface area (Å²) in [7, 11) is 1.53. The zero-order chi connectivity index (χ0) is 26.5. The number of amides is 1. The summed E-state index contributed by atoms with van der Waals surface area (Å²) in [6, 6.07) is 11.4. The Labute approximate surface area is 218 Å². The fourth-order valence-corrected chi connectivity index (χ4v) is 4.74. The highest BCUT2D eigenvalue weighted by atomic mass is 32.1. The lowest BCUT2D eigenvalue weighted by molar-refractivity contribution is -0.143. The van der Waals surface area contributed by atoms with E-state index in [0.29, 0.717) is 50.3 Å². The predicted octanol–water partition coefficient (Wildman–Crippen LogP) is 4.38. The minimum absolute atomic E-state index is 0.0787. The van der Waals surface area contributed by atoms with E-state index in [9.17, 15) is 14.4 Å². The molecule has 0 bridgehead atoms. The van der Waals surface area contributed by atoms with Crippen molar-refractivity contribution >= 4 is 39.1 Å². The Hall–Kier alpha value is -3.92. The van der Waals surface area contributed by atoms with Crippen molar-refractivity contribution in [2.24, 2.45) is 5.92 Å². The van der Waals surface area contributed by atoms with Gasteiger partial charge in [0.05, 0.1) is 43.0 Å². The van der Waals surface area contributed by atoms with Gasteiger partial charge in [0.15, 0.2) is 11.5 Å². The summed E-state index contributed by atoms with van der Waals surface area (Å²) in [5.41, 5.74) is 0.904. The maximum Gasteiger partial charge on any atom is 0.308 e. The number of carbonyl (C=O) groups excluding carboxylic acids is 2. The molecule has 4 aromatic rings. The lowest BCUT2D eigenvalue weighted by Crippen LogP contribution is -2.30. The van der Waals surface area contributed by atoms with Crippen LogP contribution in [0.3, 0.4) is 0 Å². The van der Waals surface area contributed by atoms with Crippen LogP contribution in [0.1, 0.15) is 48.5 Å². The number of hydrogen-bond donors (Lipinski definition) is 1. The van der Waals surface area contributed by atoms with Gasteiger partial charge in [0.25, 0.3) is 11.5 Å². The predicted molar refractivity (Wildman–Crippen MR) is 142 cm³/mol. The second-order valence-electron chi connectivity index (χ2n) is 8.83. The smallest absolute Gasteiger partial charge is 0.308 e. The summed E-state index contributed by atoms with van der Waals surface area (Å²) in [5, 5.41) is 3.28. The summed E-state index contributed by atoms with van der Waals surface area (Å²) in [5.74, 6) is 0.525. The fourth-order valence-electron chi connectivity index (χ4n) is 3.81. The average molecular weight is 524 g/mol. The van der Waals surface area contributed by atoms with E-state index in [2.05, 4.69) is 10.3 Å². The Morgan fingerprint density at radius 1 is 1.14 bits per heavy atom. The van der Waals surface area contributed by atoms with Gasteiger partial charge < -0.3 is 19.5 Å². The number of rotatable bonds is 10. The van der Waals surface area contributed by atoms with Crippen molar-refractivity contribution in [2.45, 2.75) is 33.2 Å². The second kappa shape index (κ2) is 11.4. The van der Waals surface area contributed by atoms with Gasteiger partial charge in [0.2, 0.25) is 0 Å². The molecule has 0 aliphatic rings. The van der Waals surface area contributed by atoms with Gasteiger partial charge in [0, 0.05) is 6.20 Å². The van der Waals surface area contributed by atoms with E-state index in [1.807, 2.05) is 13.8 Å². The Kier molecular flexibility index (Phi) is 8.08. The standard InChI is InChI=1S/C27H29N3O6S/c1-5-35-24(31)14-19(17-9-10-20(21(12-17)34-4)36-15-16(2)3)28-25(32)22-13-18-26(37-22)29-23-8-6-7-11-30(23)27(18)33/h6-13,16,19H,5,14-15H2,1-4H3,(H,28,32)/t19-/m0/s1. The third kappa shape index (κ3) is 5.91. The fraction of sp³-hybridized carbons (Fsp3) is 0.333. The van der Waals surface area contributed by atoms with Crippen molar-refractivity contribution in [3.05, 3.63) is 69.5 Å². The van der Waals surface area contributed by atoms with Crippen LogP contribution in [0.2, 0.25) is 0 Å². The number of ether oxygens (including phenoxy) is 3. The van der Waals surface area contributed by atoms with Crippen molar-refractivity contribution in [1.29, 1.82) is 0 Å². The minimum Gasteiger partial charge on any atom is -0.493 e. The number of benzene rings is 1. The molecule has 4 rings (SSSR count). The number of pyridine rings is 1. The van der Waals surface area contributed by atoms with Gasteiger partial charge in [-0.25, -0.2) is 4.98 Å². The second-order valence-corrected chi connectivity index (χ2v) is 9.86. The van der Waals surface area contributed by atoms with E-state index in [4.69, 9.17) is 14.2 Å². The molecular formula is C27H29N3O6S. The first-order chi connectivity index (χ1) is 17.8. The summed E-state index contributed by atoms with van der Waals surface area (Å²) >= 11 is 1.12. The van der Waals surface area contributed by atoms with Crippen LogP contribution in [0.5, 0.6) is 11.5 Å². The van der Waals surface area contributed by atoms with Crippen LogP contribution in [0.15, 0.2) is 53.5 Å². The van der Waals surface area contributed by atoms with E-state index in [1.54, 1.807) is 49.5 Å². The molecule has 0 unspecified atom stereocenters. The summed E-state index contributed by atoms with van der Waals surface area (Å²) in [6.45, 7) is 6.57. The van der Waals surface area contributed by atoms with Crippen LogP contribution in [-0.2, 0) is 9.53 Å². The lowest BCUT2D eigenvalue weighted by atomic mass is 10.0. The molecule has 1 N–H and O–H groups in total. The van der Waals surface area contributed by atoms with E-state index in [0.717, 1.165) is 11.3 Å². The molecule has 3 heterocycles. The first kappa shape index (κ1) is 26.2. The Balaban J connectivity index is 1.65. The van der Waals surface area contributed by atoms with Gasteiger partial charge in [-0.15, -0.1) is 11.3 Å². The molecule has 1 amide bonds. The van der Waals surface area contributed by atoms with Crippen LogP contribution in [0.4, 0.5) is 0 Å². The molecule has 194 valence electrons. The van der Waals surface area contributed by atoms with E-state index >= 15 is 0 Å². The highest BCUT2D eigenvalue weighted by Crippen LogP contribution is 2.32. The summed E-state index contributed by atoms with van der Waals surface area (Å²) in [4.78, 5) is 43.9. The van der Waals surface area contributed by atoms with Crippen molar-refractivity contribution in [3.63, 3.8) is 0 Å². The Bertz CT molecular complexity index is 1490. The molecular weight excluding hydrogens is 494 g/mol. The first-order valence-corrected chi connectivity index (χ1v) is 12.8. The molecule has 0 aliphatic carbocycles. The summed E-state index contributed by atoms with van der Waals surface area (Å²) < 4.78 is 17.9. The minimum atomic E-state index is -0.696. The van der Waals surface area contributed by atoms with Gasteiger partial charge >= 0.3 is 5.97 Å². The first-order valence-electron chi connectivity index (χ1n) is 12.0. The van der Waals surface area contributed by atoms with Gasteiger partial charge in [0.1, 0.15) is 10.5 Å². The third-order valence-corrected chi connectivity index (χ3v) is 6.61. The van der Waals surface area contributed by atoms with Crippen molar-refractivity contribution in [1.82, 2.24) is 14.7 Å². The van der Waals surface area contributed by atoms with Gasteiger partial charge in [-0.05, 0) is 48.7 Å². The number of nitrogens with one attached hydrogen (secondary N) is 1. The molecule has 37 heavy (non-hydrogen) atoms. The molecule has 0 fully saturated rings. The van der Waals surface area contributed by atoms with Crippen LogP contribution < -0.4 is 20.3 Å². The van der Waals surface area contributed by atoms with Crippen LogP contribution in [0.25, 0.3) is 15.9 Å². The number of hydrogen-bond acceptors (Lipinski definition) is 8. The molecule has 9 nitrogen and oxygen atoms in total. The molecule has 0 spiro atoms. The van der Waals surface area contributed by atoms with Crippen molar-refractivity contribution in [3.8, 4) is 11.5 Å². The number of fused-ring (bicyclic) bond motifs is 2. The lowest BCUT2D eigenvalue weighted by Gasteiger charge is -2.20. The zero-order valence-corrected chi connectivity index (χ0v) is 22.0. The molecule has 0 radical (unpaired) electrons. The van der Waals surface area contributed by atoms with Crippen LogP contribution in [-0.4, -0.2) is 41.6 Å². The molecule has 0 saturated heterocycles. The van der Waals surface area contributed by atoms with Gasteiger partial charge in [-0.3, -0.25) is 18.8 Å². The summed E-state index contributed by atoms with van der Waals surface area (Å²) in [6.07, 6.45) is 1.56. The van der Waals surface area contributed by atoms with Gasteiger partial charge in [-0.2, -0.15) is 0 Å². The number of thiophene rings is 1.